The van der Waals surface area contributed by atoms with Crippen LogP contribution in [0.25, 0.3) is 5.57 Å². The molecule has 0 aromatic carbocycles. The van der Waals surface area contributed by atoms with Gasteiger partial charge < -0.3 is 10.3 Å². The first kappa shape index (κ1) is 14.6. The maximum atomic E-state index is 11.6. The minimum atomic E-state index is -0.0597. The number of hydrogen-bond donors (Lipinski definition) is 2. The van der Waals surface area contributed by atoms with Gasteiger partial charge in [-0.25, -0.2) is 4.98 Å². The second-order valence-corrected chi connectivity index (χ2v) is 4.37. The van der Waals surface area contributed by atoms with Crippen LogP contribution in [0.2, 0.25) is 0 Å². The molecule has 100 valence electrons. The standard InChI is InChI=1S/C14H23N3O/c1-4-6-8-15-9-12(7-5-2)13-11(3)14(18)17-10-16-13/h7,10,15H,4-6,8-9H2,1-3H3,(H,16,17,18)/b12-7-. The third-order valence-electron chi connectivity index (χ3n) is 2.86. The number of nitrogens with zero attached hydrogens (tertiary/aromatic N) is 1. The number of allylic oxidation sites excluding steroid dienone is 1. The molecule has 0 aliphatic carbocycles. The average molecular weight is 249 g/mol. The van der Waals surface area contributed by atoms with Crippen molar-refractivity contribution in [3.05, 3.63) is 34.0 Å². The monoisotopic (exact) mass is 249 g/mol. The fourth-order valence-electron chi connectivity index (χ4n) is 1.82. The van der Waals surface area contributed by atoms with Gasteiger partial charge in [-0.2, -0.15) is 0 Å². The van der Waals surface area contributed by atoms with E-state index in [4.69, 9.17) is 0 Å². The Kier molecular flexibility index (Phi) is 6.36. The van der Waals surface area contributed by atoms with Gasteiger partial charge in [0, 0.05) is 12.1 Å². The molecule has 18 heavy (non-hydrogen) atoms. The Hall–Kier alpha value is -1.42. The zero-order valence-electron chi connectivity index (χ0n) is 11.5. The lowest BCUT2D eigenvalue weighted by atomic mass is 10.1. The molecule has 0 spiro atoms. The summed E-state index contributed by atoms with van der Waals surface area (Å²) in [7, 11) is 0. The molecule has 0 fully saturated rings. The van der Waals surface area contributed by atoms with Crippen LogP contribution < -0.4 is 10.9 Å². The molecule has 0 radical (unpaired) electrons. The summed E-state index contributed by atoms with van der Waals surface area (Å²) in [4.78, 5) is 18.5. The van der Waals surface area contributed by atoms with E-state index in [2.05, 4.69) is 35.2 Å². The van der Waals surface area contributed by atoms with Crippen LogP contribution in [-0.2, 0) is 0 Å². The van der Waals surface area contributed by atoms with Gasteiger partial charge >= 0.3 is 0 Å². The highest BCUT2D eigenvalue weighted by molar-refractivity contribution is 5.65. The summed E-state index contributed by atoms with van der Waals surface area (Å²) in [6, 6.07) is 0. The molecule has 1 aromatic rings. The molecule has 4 nitrogen and oxygen atoms in total. The van der Waals surface area contributed by atoms with Crippen molar-refractivity contribution in [1.82, 2.24) is 15.3 Å². The summed E-state index contributed by atoms with van der Waals surface area (Å²) in [5.41, 5.74) is 2.55. The van der Waals surface area contributed by atoms with Gasteiger partial charge in [0.1, 0.15) is 0 Å². The first-order valence-electron chi connectivity index (χ1n) is 6.65. The van der Waals surface area contributed by atoms with Crippen molar-refractivity contribution in [3.63, 3.8) is 0 Å². The Balaban J connectivity index is 2.82. The Bertz CT molecular complexity index is 449. The summed E-state index contributed by atoms with van der Waals surface area (Å²) in [6.45, 7) is 7.85. The number of unbranched alkanes of at least 4 members (excludes halogenated alkanes) is 1. The topological polar surface area (TPSA) is 57.8 Å². The van der Waals surface area contributed by atoms with Crippen LogP contribution in [0.15, 0.2) is 17.2 Å². The van der Waals surface area contributed by atoms with Gasteiger partial charge in [-0.15, -0.1) is 0 Å². The molecule has 0 aliphatic heterocycles. The van der Waals surface area contributed by atoms with Crippen molar-refractivity contribution in [3.8, 4) is 0 Å². The Morgan fingerprint density at radius 2 is 2.28 bits per heavy atom. The fourth-order valence-corrected chi connectivity index (χ4v) is 1.82. The number of aromatic amines is 1. The minimum Gasteiger partial charge on any atom is -0.313 e. The third-order valence-corrected chi connectivity index (χ3v) is 2.86. The summed E-state index contributed by atoms with van der Waals surface area (Å²) in [5.74, 6) is 0. The molecule has 0 amide bonds. The van der Waals surface area contributed by atoms with E-state index in [1.54, 1.807) is 0 Å². The zero-order valence-corrected chi connectivity index (χ0v) is 11.5. The molecule has 1 heterocycles. The molecular weight excluding hydrogens is 226 g/mol. The predicted molar refractivity (Wildman–Crippen MR) is 75.6 cm³/mol. The number of rotatable bonds is 7. The van der Waals surface area contributed by atoms with Gasteiger partial charge in [-0.05, 0) is 31.9 Å². The van der Waals surface area contributed by atoms with Gasteiger partial charge in [-0.1, -0.05) is 26.3 Å². The lowest BCUT2D eigenvalue weighted by Gasteiger charge is -2.10. The highest BCUT2D eigenvalue weighted by Crippen LogP contribution is 2.13. The van der Waals surface area contributed by atoms with Crippen molar-refractivity contribution in [2.75, 3.05) is 13.1 Å². The van der Waals surface area contributed by atoms with Gasteiger partial charge in [0.15, 0.2) is 0 Å². The second kappa shape index (κ2) is 7.82. The average Bonchev–Trinajstić information content (AvgIpc) is 2.37. The normalized spacial score (nSPS) is 11.8. The molecule has 0 aliphatic rings. The lowest BCUT2D eigenvalue weighted by molar-refractivity contribution is 0.684. The molecule has 0 saturated carbocycles. The molecule has 1 aromatic heterocycles. The van der Waals surface area contributed by atoms with Crippen LogP contribution in [-0.4, -0.2) is 23.1 Å². The van der Waals surface area contributed by atoms with Crippen LogP contribution in [0.3, 0.4) is 0 Å². The van der Waals surface area contributed by atoms with E-state index in [1.807, 2.05) is 6.92 Å². The molecular formula is C14H23N3O. The molecule has 0 saturated heterocycles. The van der Waals surface area contributed by atoms with E-state index < -0.39 is 0 Å². The van der Waals surface area contributed by atoms with Crippen molar-refractivity contribution >= 4 is 5.57 Å². The second-order valence-electron chi connectivity index (χ2n) is 4.37. The van der Waals surface area contributed by atoms with Crippen molar-refractivity contribution in [2.45, 2.75) is 40.0 Å². The van der Waals surface area contributed by atoms with Gasteiger partial charge in [0.05, 0.1) is 12.0 Å². The quantitative estimate of drug-likeness (QED) is 0.729. The summed E-state index contributed by atoms with van der Waals surface area (Å²) < 4.78 is 0. The number of hydrogen-bond acceptors (Lipinski definition) is 3. The van der Waals surface area contributed by atoms with Crippen LogP contribution in [0.5, 0.6) is 0 Å². The third kappa shape index (κ3) is 4.11. The SMILES string of the molecule is CC/C=C(/CNCCCC)c1nc[nH]c(=O)c1C. The van der Waals surface area contributed by atoms with E-state index >= 15 is 0 Å². The van der Waals surface area contributed by atoms with Gasteiger partial charge in [0.25, 0.3) is 5.56 Å². The maximum Gasteiger partial charge on any atom is 0.254 e. The predicted octanol–water partition coefficient (Wildman–Crippen LogP) is 2.26. The minimum absolute atomic E-state index is 0.0597. The van der Waals surface area contributed by atoms with Crippen molar-refractivity contribution < 1.29 is 0 Å². The van der Waals surface area contributed by atoms with E-state index in [1.165, 1.54) is 19.2 Å². The molecule has 0 bridgehead atoms. The molecule has 4 heteroatoms. The van der Waals surface area contributed by atoms with Gasteiger partial charge in [-0.3, -0.25) is 4.79 Å². The smallest absolute Gasteiger partial charge is 0.254 e. The summed E-state index contributed by atoms with van der Waals surface area (Å²) >= 11 is 0. The van der Waals surface area contributed by atoms with Crippen LogP contribution in [0.4, 0.5) is 0 Å². The highest BCUT2D eigenvalue weighted by Gasteiger charge is 2.08. The lowest BCUT2D eigenvalue weighted by Crippen LogP contribution is -2.21. The fraction of sp³-hybridized carbons (Fsp3) is 0.571. The first-order valence-corrected chi connectivity index (χ1v) is 6.65. The van der Waals surface area contributed by atoms with E-state index in [0.717, 1.165) is 30.8 Å². The summed E-state index contributed by atoms with van der Waals surface area (Å²) in [6.07, 6.45) is 6.90. The highest BCUT2D eigenvalue weighted by atomic mass is 16.1. The Labute approximate surface area is 109 Å². The Morgan fingerprint density at radius 1 is 1.50 bits per heavy atom. The summed E-state index contributed by atoms with van der Waals surface area (Å²) in [5, 5.41) is 3.40. The van der Waals surface area contributed by atoms with E-state index in [0.29, 0.717) is 5.56 Å². The zero-order chi connectivity index (χ0) is 13.4. The maximum absolute atomic E-state index is 11.6. The molecule has 0 atom stereocenters. The first-order chi connectivity index (χ1) is 8.70. The van der Waals surface area contributed by atoms with Crippen LogP contribution >= 0.6 is 0 Å². The van der Waals surface area contributed by atoms with Crippen LogP contribution in [0, 0.1) is 6.92 Å². The van der Waals surface area contributed by atoms with E-state index in [9.17, 15) is 4.79 Å². The van der Waals surface area contributed by atoms with Crippen molar-refractivity contribution in [1.29, 1.82) is 0 Å². The van der Waals surface area contributed by atoms with Crippen molar-refractivity contribution in [2.24, 2.45) is 0 Å². The number of nitrogens with one attached hydrogen (secondary N) is 2. The van der Waals surface area contributed by atoms with Crippen LogP contribution in [0.1, 0.15) is 44.4 Å². The molecule has 2 N–H and O–H groups in total. The largest absolute Gasteiger partial charge is 0.313 e. The Morgan fingerprint density at radius 3 is 2.94 bits per heavy atom. The van der Waals surface area contributed by atoms with Gasteiger partial charge in [0.2, 0.25) is 0 Å². The van der Waals surface area contributed by atoms with E-state index in [-0.39, 0.29) is 5.56 Å². The molecule has 1 rings (SSSR count). The molecule has 0 unspecified atom stereocenters. The number of H-pyrrole nitrogens is 1. The number of aromatic nitrogens is 2.